The Morgan fingerprint density at radius 1 is 0.525 bits per heavy atom. The van der Waals surface area contributed by atoms with E-state index in [1.807, 2.05) is 0 Å². The molecule has 1 saturated carbocycles. The van der Waals surface area contributed by atoms with E-state index >= 15 is 0 Å². The number of allylic oxidation sites excluding steroid dienone is 6. The number of aliphatic hydroxyl groups is 5. The van der Waals surface area contributed by atoms with Crippen molar-refractivity contribution in [3.05, 3.63) is 36.5 Å². The zero-order chi connectivity index (χ0) is 43.6. The molecule has 6 unspecified atom stereocenters. The van der Waals surface area contributed by atoms with Crippen molar-refractivity contribution in [2.75, 3.05) is 13.2 Å². The molecule has 1 aliphatic carbocycles. The number of carbonyl (C=O) groups excluding carboxylic acids is 2. The Morgan fingerprint density at radius 2 is 0.932 bits per heavy atom. The largest absolute Gasteiger partial charge is 0.472 e. The van der Waals surface area contributed by atoms with Crippen LogP contribution < -0.4 is 0 Å². The van der Waals surface area contributed by atoms with Crippen LogP contribution in [0.15, 0.2) is 36.5 Å². The standard InChI is InChI=1S/C45H81O13P/c1-3-5-7-9-11-13-15-17-19-20-22-23-25-27-29-31-33-38(46)55-35-37(36-56-59(53,54)58-45-43(51)41(49)40(48)42(50)44(45)52)57-39(47)34-32-30-28-26-24-21-18-16-14-12-10-8-6-4-2/h10,12,16,18-20,37,40-45,48-52H,3-9,11,13-15,17,21-36H2,1-2H3,(H,53,54)/b12-10-,18-16-,20-19-/t37-,40?,41-,42?,43?,44?,45?/m1/s1. The van der Waals surface area contributed by atoms with E-state index < -0.39 is 75.7 Å². The maximum absolute atomic E-state index is 12.8. The topological polar surface area (TPSA) is 210 Å². The van der Waals surface area contributed by atoms with Gasteiger partial charge in [-0.05, 0) is 64.2 Å². The molecule has 0 radical (unpaired) electrons. The van der Waals surface area contributed by atoms with Gasteiger partial charge in [-0.25, -0.2) is 4.57 Å². The molecule has 0 saturated heterocycles. The van der Waals surface area contributed by atoms with Gasteiger partial charge < -0.3 is 39.9 Å². The van der Waals surface area contributed by atoms with Crippen LogP contribution in [0.2, 0.25) is 0 Å². The first-order chi connectivity index (χ1) is 28.4. The van der Waals surface area contributed by atoms with Crippen molar-refractivity contribution in [1.29, 1.82) is 0 Å². The molecule has 0 bridgehead atoms. The summed E-state index contributed by atoms with van der Waals surface area (Å²) in [5.41, 5.74) is 0. The van der Waals surface area contributed by atoms with E-state index in [2.05, 4.69) is 50.3 Å². The summed E-state index contributed by atoms with van der Waals surface area (Å²) in [5, 5.41) is 50.1. The molecule has 1 aliphatic rings. The minimum atomic E-state index is -5.12. The number of hydrogen-bond acceptors (Lipinski definition) is 12. The minimum absolute atomic E-state index is 0.0789. The fourth-order valence-electron chi connectivity index (χ4n) is 6.71. The van der Waals surface area contributed by atoms with Crippen molar-refractivity contribution in [3.63, 3.8) is 0 Å². The molecule has 0 amide bonds. The molecule has 0 aliphatic heterocycles. The van der Waals surface area contributed by atoms with Gasteiger partial charge in [0.25, 0.3) is 0 Å². The number of esters is 2. The molecule has 59 heavy (non-hydrogen) atoms. The van der Waals surface area contributed by atoms with Gasteiger partial charge in [-0.2, -0.15) is 0 Å². The molecule has 0 aromatic heterocycles. The van der Waals surface area contributed by atoms with Gasteiger partial charge in [0.2, 0.25) is 0 Å². The Bertz CT molecular complexity index is 1180. The highest BCUT2D eigenvalue weighted by atomic mass is 31.2. The van der Waals surface area contributed by atoms with Crippen molar-refractivity contribution < 1.29 is 63.1 Å². The summed E-state index contributed by atoms with van der Waals surface area (Å²) in [6.45, 7) is 3.23. The first-order valence-corrected chi connectivity index (χ1v) is 24.3. The quantitative estimate of drug-likeness (QED) is 0.0150. The highest BCUT2D eigenvalue weighted by Crippen LogP contribution is 2.47. The average Bonchev–Trinajstić information content (AvgIpc) is 3.21. The van der Waals surface area contributed by atoms with Crippen LogP contribution in [0.1, 0.15) is 181 Å². The number of phosphoric ester groups is 1. The second-order valence-electron chi connectivity index (χ2n) is 15.9. The predicted octanol–water partition coefficient (Wildman–Crippen LogP) is 8.61. The smallest absolute Gasteiger partial charge is 0.462 e. The molecule has 8 atom stereocenters. The Morgan fingerprint density at radius 3 is 1.44 bits per heavy atom. The third kappa shape index (κ3) is 28.3. The van der Waals surface area contributed by atoms with Gasteiger partial charge in [0.1, 0.15) is 43.2 Å². The first-order valence-electron chi connectivity index (χ1n) is 22.8. The Kier molecular flexibility index (Phi) is 33.3. The van der Waals surface area contributed by atoms with Crippen molar-refractivity contribution >= 4 is 19.8 Å². The van der Waals surface area contributed by atoms with Crippen LogP contribution in [0.5, 0.6) is 0 Å². The van der Waals surface area contributed by atoms with E-state index in [0.717, 1.165) is 83.5 Å². The van der Waals surface area contributed by atoms with Crippen molar-refractivity contribution in [1.82, 2.24) is 0 Å². The summed E-state index contributed by atoms with van der Waals surface area (Å²) in [7, 11) is -5.12. The second-order valence-corrected chi connectivity index (χ2v) is 17.3. The third-order valence-corrected chi connectivity index (χ3v) is 11.4. The molecule has 1 fully saturated rings. The number of carbonyl (C=O) groups is 2. The molecule has 1 rings (SSSR count). The van der Waals surface area contributed by atoms with Gasteiger partial charge in [0.15, 0.2) is 6.10 Å². The normalized spacial score (nSPS) is 22.6. The van der Waals surface area contributed by atoms with Crippen LogP contribution in [0, 0.1) is 0 Å². The zero-order valence-electron chi connectivity index (χ0n) is 36.3. The molecule has 14 heteroatoms. The lowest BCUT2D eigenvalue weighted by Gasteiger charge is -2.41. The molecule has 0 aromatic rings. The maximum atomic E-state index is 12.8. The van der Waals surface area contributed by atoms with E-state index in [-0.39, 0.29) is 12.8 Å². The number of ether oxygens (including phenoxy) is 2. The van der Waals surface area contributed by atoms with Crippen LogP contribution in [0.3, 0.4) is 0 Å². The maximum Gasteiger partial charge on any atom is 0.472 e. The number of rotatable bonds is 37. The first kappa shape index (κ1) is 55.1. The SMILES string of the molecule is CCCC/C=C\C/C=C\CCCCCCCC(=O)O[C@H](COC(=O)CCCCCCC/C=C\CCCCCCCCC)COP(=O)(O)OC1C(O)C(O)C(O)[C@@H](O)C1O. The Labute approximate surface area is 355 Å². The van der Waals surface area contributed by atoms with Crippen LogP contribution in [0.4, 0.5) is 0 Å². The minimum Gasteiger partial charge on any atom is -0.462 e. The number of hydrogen-bond donors (Lipinski definition) is 6. The van der Waals surface area contributed by atoms with E-state index in [0.29, 0.717) is 12.8 Å². The Hall–Kier alpha value is -1.93. The van der Waals surface area contributed by atoms with Crippen LogP contribution in [-0.4, -0.2) is 98.3 Å². The lowest BCUT2D eigenvalue weighted by Crippen LogP contribution is -2.64. The van der Waals surface area contributed by atoms with Gasteiger partial charge in [0, 0.05) is 12.8 Å². The van der Waals surface area contributed by atoms with Crippen LogP contribution in [-0.2, 0) is 32.7 Å². The van der Waals surface area contributed by atoms with Crippen molar-refractivity contribution in [3.8, 4) is 0 Å². The predicted molar refractivity (Wildman–Crippen MR) is 230 cm³/mol. The van der Waals surface area contributed by atoms with E-state index in [1.54, 1.807) is 0 Å². The molecule has 344 valence electrons. The molecule has 0 aromatic carbocycles. The molecular formula is C45H81O13P. The zero-order valence-corrected chi connectivity index (χ0v) is 37.2. The Balaban J connectivity index is 2.48. The summed E-state index contributed by atoms with van der Waals surface area (Å²) >= 11 is 0. The highest BCUT2D eigenvalue weighted by Gasteiger charge is 2.51. The third-order valence-electron chi connectivity index (χ3n) is 10.5. The molecule has 0 heterocycles. The fourth-order valence-corrected chi connectivity index (χ4v) is 7.68. The van der Waals surface area contributed by atoms with Crippen LogP contribution >= 0.6 is 7.82 Å². The molecule has 6 N–H and O–H groups in total. The highest BCUT2D eigenvalue weighted by molar-refractivity contribution is 7.47. The van der Waals surface area contributed by atoms with Gasteiger partial charge in [-0.3, -0.25) is 18.6 Å². The average molecular weight is 861 g/mol. The lowest BCUT2D eigenvalue weighted by molar-refractivity contribution is -0.220. The van der Waals surface area contributed by atoms with Crippen molar-refractivity contribution in [2.45, 2.75) is 224 Å². The summed E-state index contributed by atoms with van der Waals surface area (Å²) in [5.74, 6) is -1.12. The van der Waals surface area contributed by atoms with Gasteiger partial charge in [0.05, 0.1) is 6.61 Å². The number of aliphatic hydroxyl groups excluding tert-OH is 5. The molecular weight excluding hydrogens is 779 g/mol. The monoisotopic (exact) mass is 861 g/mol. The number of unbranched alkanes of at least 4 members (excludes halogenated alkanes) is 19. The summed E-state index contributed by atoms with van der Waals surface area (Å²) in [6, 6.07) is 0. The van der Waals surface area contributed by atoms with E-state index in [4.69, 9.17) is 18.5 Å². The number of phosphoric acid groups is 1. The molecule has 0 spiro atoms. The summed E-state index contributed by atoms with van der Waals surface area (Å²) in [6.07, 6.45) is 26.3. The van der Waals surface area contributed by atoms with Crippen LogP contribution in [0.25, 0.3) is 0 Å². The summed E-state index contributed by atoms with van der Waals surface area (Å²) in [4.78, 5) is 35.7. The second kappa shape index (κ2) is 35.6. The van der Waals surface area contributed by atoms with Gasteiger partial charge >= 0.3 is 19.8 Å². The van der Waals surface area contributed by atoms with E-state index in [1.165, 1.54) is 57.8 Å². The van der Waals surface area contributed by atoms with Crippen molar-refractivity contribution in [2.24, 2.45) is 0 Å². The summed E-state index contributed by atoms with van der Waals surface area (Å²) < 4.78 is 33.5. The van der Waals surface area contributed by atoms with Gasteiger partial charge in [-0.1, -0.05) is 140 Å². The lowest BCUT2D eigenvalue weighted by atomic mass is 9.85. The molecule has 13 nitrogen and oxygen atoms in total. The van der Waals surface area contributed by atoms with E-state index in [9.17, 15) is 44.6 Å². The fraction of sp³-hybridized carbons (Fsp3) is 0.822. The van der Waals surface area contributed by atoms with Gasteiger partial charge in [-0.15, -0.1) is 0 Å².